The van der Waals surface area contributed by atoms with Crippen LogP contribution < -0.4 is 10.1 Å². The number of rotatable bonds is 4. The van der Waals surface area contributed by atoms with Crippen molar-refractivity contribution >= 4 is 11.6 Å². The van der Waals surface area contributed by atoms with E-state index >= 15 is 0 Å². The van der Waals surface area contributed by atoms with Crippen LogP contribution >= 0.6 is 0 Å². The summed E-state index contributed by atoms with van der Waals surface area (Å²) in [5.74, 6) is 0.659. The van der Waals surface area contributed by atoms with E-state index in [1.807, 2.05) is 25.1 Å². The largest absolute Gasteiger partial charge is 0.495 e. The van der Waals surface area contributed by atoms with Crippen molar-refractivity contribution in [1.82, 2.24) is 0 Å². The summed E-state index contributed by atoms with van der Waals surface area (Å²) < 4.78 is 10.7. The number of carbonyl (C=O) groups is 1. The van der Waals surface area contributed by atoms with Gasteiger partial charge in [-0.15, -0.1) is 0 Å². The molecule has 1 aromatic rings. The molecule has 4 heteroatoms. The average Bonchev–Trinajstić information content (AvgIpc) is 2.82. The van der Waals surface area contributed by atoms with Crippen LogP contribution in [0, 0.1) is 6.92 Å². The second-order valence-electron chi connectivity index (χ2n) is 4.59. The SMILES string of the molecule is COc1ccc(C)cc1NC(=O)CC1CCCO1. The molecule has 1 amide bonds. The predicted molar refractivity (Wildman–Crippen MR) is 70.0 cm³/mol. The molecule has 1 heterocycles. The highest BCUT2D eigenvalue weighted by Gasteiger charge is 2.19. The summed E-state index contributed by atoms with van der Waals surface area (Å²) in [6, 6.07) is 5.72. The fourth-order valence-corrected chi connectivity index (χ4v) is 2.13. The number of aryl methyl sites for hydroxylation is 1. The Balaban J connectivity index is 1.99. The number of hydrogen-bond acceptors (Lipinski definition) is 3. The standard InChI is InChI=1S/C14H19NO3/c1-10-5-6-13(17-2)12(8-10)15-14(16)9-11-4-3-7-18-11/h5-6,8,11H,3-4,7,9H2,1-2H3,(H,15,16). The lowest BCUT2D eigenvalue weighted by molar-refractivity contribution is -0.118. The zero-order valence-corrected chi connectivity index (χ0v) is 10.9. The summed E-state index contributed by atoms with van der Waals surface area (Å²) in [7, 11) is 1.60. The molecule has 2 rings (SSSR count). The van der Waals surface area contributed by atoms with Gasteiger partial charge in [0, 0.05) is 6.61 Å². The summed E-state index contributed by atoms with van der Waals surface area (Å²) in [6.45, 7) is 2.75. The van der Waals surface area contributed by atoms with E-state index in [1.165, 1.54) is 0 Å². The van der Waals surface area contributed by atoms with Crippen molar-refractivity contribution in [1.29, 1.82) is 0 Å². The zero-order chi connectivity index (χ0) is 13.0. The molecular formula is C14H19NO3. The molecule has 0 saturated carbocycles. The van der Waals surface area contributed by atoms with Gasteiger partial charge in [-0.25, -0.2) is 0 Å². The van der Waals surface area contributed by atoms with Crippen LogP contribution in [0.5, 0.6) is 5.75 Å². The van der Waals surface area contributed by atoms with Crippen LogP contribution in [0.25, 0.3) is 0 Å². The quantitative estimate of drug-likeness (QED) is 0.892. The summed E-state index contributed by atoms with van der Waals surface area (Å²) in [6.07, 6.45) is 2.50. The fourth-order valence-electron chi connectivity index (χ4n) is 2.13. The van der Waals surface area contributed by atoms with E-state index < -0.39 is 0 Å². The lowest BCUT2D eigenvalue weighted by Gasteiger charge is -2.13. The molecule has 1 aromatic carbocycles. The molecule has 0 spiro atoms. The molecule has 0 aromatic heterocycles. The molecule has 1 saturated heterocycles. The monoisotopic (exact) mass is 249 g/mol. The number of benzene rings is 1. The van der Waals surface area contributed by atoms with Gasteiger partial charge in [-0.2, -0.15) is 0 Å². The first-order valence-corrected chi connectivity index (χ1v) is 6.25. The van der Waals surface area contributed by atoms with Crippen LogP contribution in [0.1, 0.15) is 24.8 Å². The van der Waals surface area contributed by atoms with E-state index in [-0.39, 0.29) is 12.0 Å². The van der Waals surface area contributed by atoms with E-state index in [1.54, 1.807) is 7.11 Å². The number of carbonyl (C=O) groups excluding carboxylic acids is 1. The van der Waals surface area contributed by atoms with Gasteiger partial charge in [0.25, 0.3) is 0 Å². The topological polar surface area (TPSA) is 47.6 Å². The number of nitrogens with one attached hydrogen (secondary N) is 1. The summed E-state index contributed by atoms with van der Waals surface area (Å²) >= 11 is 0. The van der Waals surface area contributed by atoms with Crippen molar-refractivity contribution in [2.75, 3.05) is 19.0 Å². The number of anilines is 1. The fraction of sp³-hybridized carbons (Fsp3) is 0.500. The Labute approximate surface area is 107 Å². The minimum absolute atomic E-state index is 0.0224. The van der Waals surface area contributed by atoms with Crippen molar-refractivity contribution in [3.05, 3.63) is 23.8 Å². The molecule has 98 valence electrons. The normalized spacial score (nSPS) is 18.7. The van der Waals surface area contributed by atoms with Crippen molar-refractivity contribution < 1.29 is 14.3 Å². The van der Waals surface area contributed by atoms with Crippen LogP contribution in [0.15, 0.2) is 18.2 Å². The Bertz CT molecular complexity index is 425. The second kappa shape index (κ2) is 5.87. The number of ether oxygens (including phenoxy) is 2. The minimum atomic E-state index is -0.0224. The molecule has 4 nitrogen and oxygen atoms in total. The third kappa shape index (κ3) is 3.23. The van der Waals surface area contributed by atoms with E-state index in [4.69, 9.17) is 9.47 Å². The maximum Gasteiger partial charge on any atom is 0.227 e. The van der Waals surface area contributed by atoms with Crippen LogP contribution in [0.4, 0.5) is 5.69 Å². The van der Waals surface area contributed by atoms with Crippen molar-refractivity contribution in [2.45, 2.75) is 32.3 Å². The number of amides is 1. The average molecular weight is 249 g/mol. The first-order chi connectivity index (χ1) is 8.69. The number of hydrogen-bond donors (Lipinski definition) is 1. The second-order valence-corrected chi connectivity index (χ2v) is 4.59. The molecule has 1 aliphatic rings. The molecule has 18 heavy (non-hydrogen) atoms. The molecule has 1 aliphatic heterocycles. The molecule has 0 aliphatic carbocycles. The van der Waals surface area contributed by atoms with Crippen LogP contribution in [-0.2, 0) is 9.53 Å². The Kier molecular flexibility index (Phi) is 4.20. The number of methoxy groups -OCH3 is 1. The molecule has 1 N–H and O–H groups in total. The highest BCUT2D eigenvalue weighted by atomic mass is 16.5. The Morgan fingerprint density at radius 2 is 2.39 bits per heavy atom. The highest BCUT2D eigenvalue weighted by molar-refractivity contribution is 5.92. The molecule has 1 atom stereocenters. The molecule has 1 fully saturated rings. The molecule has 0 bridgehead atoms. The smallest absolute Gasteiger partial charge is 0.227 e. The van der Waals surface area contributed by atoms with Gasteiger partial charge in [-0.1, -0.05) is 6.07 Å². The third-order valence-electron chi connectivity index (χ3n) is 3.07. The van der Waals surface area contributed by atoms with Crippen molar-refractivity contribution in [3.8, 4) is 5.75 Å². The summed E-state index contributed by atoms with van der Waals surface area (Å²) in [4.78, 5) is 11.9. The van der Waals surface area contributed by atoms with Crippen LogP contribution in [0.2, 0.25) is 0 Å². The first-order valence-electron chi connectivity index (χ1n) is 6.25. The van der Waals surface area contributed by atoms with Crippen LogP contribution in [-0.4, -0.2) is 25.7 Å². The Hall–Kier alpha value is -1.55. The van der Waals surface area contributed by atoms with Crippen molar-refractivity contribution in [2.24, 2.45) is 0 Å². The maximum atomic E-state index is 11.9. The first kappa shape index (κ1) is 12.9. The molecule has 1 unspecified atom stereocenters. The third-order valence-corrected chi connectivity index (χ3v) is 3.07. The molecule has 0 radical (unpaired) electrons. The van der Waals surface area contributed by atoms with E-state index in [9.17, 15) is 4.79 Å². The van der Waals surface area contributed by atoms with Gasteiger partial charge in [-0.05, 0) is 37.5 Å². The summed E-state index contributed by atoms with van der Waals surface area (Å²) in [5.41, 5.74) is 1.81. The Morgan fingerprint density at radius 3 is 3.06 bits per heavy atom. The lowest BCUT2D eigenvalue weighted by atomic mass is 10.1. The van der Waals surface area contributed by atoms with Gasteiger partial charge in [0.1, 0.15) is 5.75 Å². The zero-order valence-electron chi connectivity index (χ0n) is 10.9. The lowest BCUT2D eigenvalue weighted by Crippen LogP contribution is -2.19. The minimum Gasteiger partial charge on any atom is -0.495 e. The van der Waals surface area contributed by atoms with E-state index in [0.717, 1.165) is 30.7 Å². The van der Waals surface area contributed by atoms with Gasteiger partial charge in [0.05, 0.1) is 25.3 Å². The van der Waals surface area contributed by atoms with E-state index in [0.29, 0.717) is 12.2 Å². The van der Waals surface area contributed by atoms with Gasteiger partial charge < -0.3 is 14.8 Å². The van der Waals surface area contributed by atoms with Crippen molar-refractivity contribution in [3.63, 3.8) is 0 Å². The molecular weight excluding hydrogens is 230 g/mol. The predicted octanol–water partition coefficient (Wildman–Crippen LogP) is 2.51. The van der Waals surface area contributed by atoms with E-state index in [2.05, 4.69) is 5.32 Å². The van der Waals surface area contributed by atoms with Gasteiger partial charge in [0.2, 0.25) is 5.91 Å². The van der Waals surface area contributed by atoms with Gasteiger partial charge in [-0.3, -0.25) is 4.79 Å². The summed E-state index contributed by atoms with van der Waals surface area (Å²) in [5, 5.41) is 2.89. The van der Waals surface area contributed by atoms with Crippen LogP contribution in [0.3, 0.4) is 0 Å². The van der Waals surface area contributed by atoms with Gasteiger partial charge >= 0.3 is 0 Å². The Morgan fingerprint density at radius 1 is 1.56 bits per heavy atom. The highest BCUT2D eigenvalue weighted by Crippen LogP contribution is 2.26. The maximum absolute atomic E-state index is 11.9. The van der Waals surface area contributed by atoms with Gasteiger partial charge in [0.15, 0.2) is 0 Å².